The van der Waals surface area contributed by atoms with E-state index in [1.165, 1.54) is 19.3 Å². The van der Waals surface area contributed by atoms with Crippen LogP contribution in [-0.2, 0) is 0 Å². The van der Waals surface area contributed by atoms with Gasteiger partial charge in [-0.1, -0.05) is 25.1 Å². The topological polar surface area (TPSA) is 15.3 Å². The first-order chi connectivity index (χ1) is 9.58. The van der Waals surface area contributed by atoms with Crippen LogP contribution in [0.1, 0.15) is 44.7 Å². The van der Waals surface area contributed by atoms with Gasteiger partial charge in [0.1, 0.15) is 5.82 Å². The van der Waals surface area contributed by atoms with Crippen molar-refractivity contribution in [1.29, 1.82) is 0 Å². The first kappa shape index (κ1) is 15.5. The van der Waals surface area contributed by atoms with Crippen LogP contribution in [0.2, 0.25) is 0 Å². The smallest absolute Gasteiger partial charge is 0.127 e. The van der Waals surface area contributed by atoms with Gasteiger partial charge in [0, 0.05) is 18.2 Å². The summed E-state index contributed by atoms with van der Waals surface area (Å²) in [4.78, 5) is 2.31. The number of rotatable bonds is 5. The van der Waals surface area contributed by atoms with Crippen LogP contribution in [0.15, 0.2) is 24.3 Å². The average molecular weight is 278 g/mol. The van der Waals surface area contributed by atoms with E-state index in [9.17, 15) is 4.39 Å². The highest BCUT2D eigenvalue weighted by molar-refractivity contribution is 5.20. The second-order valence-electron chi connectivity index (χ2n) is 6.22. The Balaban J connectivity index is 2.07. The molecule has 3 heteroatoms. The van der Waals surface area contributed by atoms with Crippen LogP contribution in [0.3, 0.4) is 0 Å². The molecule has 1 aliphatic rings. The third kappa shape index (κ3) is 3.39. The zero-order valence-corrected chi connectivity index (χ0v) is 13.0. The SMILES string of the molecule is CCC1(CN(C)C(C)c2ccccc2F)CCNCC1. The summed E-state index contributed by atoms with van der Waals surface area (Å²) in [5, 5.41) is 3.44. The lowest BCUT2D eigenvalue weighted by Gasteiger charge is -2.41. The standard InChI is InChI=1S/C17H27FN2/c1-4-17(9-11-19-12-10-17)13-20(3)14(2)15-7-5-6-8-16(15)18/h5-8,14,19H,4,9-13H2,1-3H3. The van der Waals surface area contributed by atoms with Gasteiger partial charge in [-0.3, -0.25) is 4.90 Å². The summed E-state index contributed by atoms with van der Waals surface area (Å²) in [5.41, 5.74) is 1.19. The van der Waals surface area contributed by atoms with Gasteiger partial charge in [-0.05, 0) is 57.8 Å². The molecule has 1 unspecified atom stereocenters. The summed E-state index contributed by atoms with van der Waals surface area (Å²) < 4.78 is 13.9. The number of piperidine rings is 1. The van der Waals surface area contributed by atoms with Crippen molar-refractivity contribution in [2.45, 2.75) is 39.2 Å². The zero-order chi connectivity index (χ0) is 14.6. The Morgan fingerprint density at radius 3 is 2.55 bits per heavy atom. The van der Waals surface area contributed by atoms with Crippen LogP contribution in [-0.4, -0.2) is 31.6 Å². The highest BCUT2D eigenvalue weighted by Gasteiger charge is 2.32. The average Bonchev–Trinajstić information content (AvgIpc) is 2.48. The maximum atomic E-state index is 13.9. The number of benzene rings is 1. The van der Waals surface area contributed by atoms with Crippen molar-refractivity contribution in [3.63, 3.8) is 0 Å². The monoisotopic (exact) mass is 278 g/mol. The molecule has 0 bridgehead atoms. The van der Waals surface area contributed by atoms with Gasteiger partial charge in [0.05, 0.1) is 0 Å². The zero-order valence-electron chi connectivity index (χ0n) is 13.0. The van der Waals surface area contributed by atoms with E-state index < -0.39 is 0 Å². The van der Waals surface area contributed by atoms with Crippen molar-refractivity contribution < 1.29 is 4.39 Å². The lowest BCUT2D eigenvalue weighted by molar-refractivity contribution is 0.100. The van der Waals surface area contributed by atoms with Crippen LogP contribution in [0, 0.1) is 11.2 Å². The van der Waals surface area contributed by atoms with Gasteiger partial charge >= 0.3 is 0 Å². The number of nitrogens with one attached hydrogen (secondary N) is 1. The summed E-state index contributed by atoms with van der Waals surface area (Å²) in [7, 11) is 2.12. The molecule has 1 fully saturated rings. The van der Waals surface area contributed by atoms with Crippen LogP contribution in [0.4, 0.5) is 4.39 Å². The fourth-order valence-corrected chi connectivity index (χ4v) is 3.30. The predicted octanol–water partition coefficient (Wildman–Crippen LogP) is 3.60. The summed E-state index contributed by atoms with van der Waals surface area (Å²) in [6, 6.07) is 7.25. The Morgan fingerprint density at radius 2 is 1.95 bits per heavy atom. The molecule has 1 aromatic rings. The Bertz CT molecular complexity index is 427. The van der Waals surface area contributed by atoms with E-state index in [2.05, 4.69) is 31.1 Å². The minimum atomic E-state index is -0.0947. The molecular formula is C17H27FN2. The van der Waals surface area contributed by atoms with Gasteiger partial charge in [0.15, 0.2) is 0 Å². The molecule has 0 spiro atoms. The Kier molecular flexibility index (Phi) is 5.17. The molecular weight excluding hydrogens is 251 g/mol. The lowest BCUT2D eigenvalue weighted by Crippen LogP contribution is -2.44. The molecule has 0 saturated carbocycles. The summed E-state index contributed by atoms with van der Waals surface area (Å²) in [6.07, 6.45) is 3.64. The Hall–Kier alpha value is -0.930. The van der Waals surface area contributed by atoms with Crippen LogP contribution in [0.25, 0.3) is 0 Å². The van der Waals surface area contributed by atoms with E-state index in [0.29, 0.717) is 5.41 Å². The van der Waals surface area contributed by atoms with Crippen LogP contribution >= 0.6 is 0 Å². The molecule has 0 amide bonds. The van der Waals surface area contributed by atoms with E-state index in [4.69, 9.17) is 0 Å². The first-order valence-electron chi connectivity index (χ1n) is 7.73. The van der Waals surface area contributed by atoms with E-state index in [0.717, 1.165) is 25.2 Å². The van der Waals surface area contributed by atoms with E-state index in [1.54, 1.807) is 12.1 Å². The van der Waals surface area contributed by atoms with Crippen molar-refractivity contribution in [2.24, 2.45) is 5.41 Å². The van der Waals surface area contributed by atoms with Gasteiger partial charge in [-0.15, -0.1) is 0 Å². The number of hydrogen-bond acceptors (Lipinski definition) is 2. The van der Waals surface area contributed by atoms with Crippen molar-refractivity contribution in [3.8, 4) is 0 Å². The normalized spacial score (nSPS) is 20.1. The van der Waals surface area contributed by atoms with E-state index in [-0.39, 0.29) is 11.9 Å². The second-order valence-corrected chi connectivity index (χ2v) is 6.22. The minimum absolute atomic E-state index is 0.0947. The molecule has 1 atom stereocenters. The molecule has 1 N–H and O–H groups in total. The summed E-state index contributed by atoms with van der Waals surface area (Å²) >= 11 is 0. The Morgan fingerprint density at radius 1 is 1.30 bits per heavy atom. The van der Waals surface area contributed by atoms with Gasteiger partial charge in [-0.2, -0.15) is 0 Å². The molecule has 0 aromatic heterocycles. The maximum Gasteiger partial charge on any atom is 0.127 e. The number of nitrogens with zero attached hydrogens (tertiary/aromatic N) is 1. The van der Waals surface area contributed by atoms with E-state index in [1.807, 2.05) is 12.1 Å². The Labute approximate surface area is 122 Å². The van der Waals surface area contributed by atoms with Crippen LogP contribution < -0.4 is 5.32 Å². The third-order valence-electron chi connectivity index (χ3n) is 5.02. The van der Waals surface area contributed by atoms with Crippen molar-refractivity contribution >= 4 is 0 Å². The van der Waals surface area contributed by atoms with Crippen molar-refractivity contribution in [2.75, 3.05) is 26.7 Å². The molecule has 1 saturated heterocycles. The molecule has 112 valence electrons. The minimum Gasteiger partial charge on any atom is -0.317 e. The molecule has 2 nitrogen and oxygen atoms in total. The first-order valence-corrected chi connectivity index (χ1v) is 7.73. The fourth-order valence-electron chi connectivity index (χ4n) is 3.30. The second kappa shape index (κ2) is 6.68. The third-order valence-corrected chi connectivity index (χ3v) is 5.02. The van der Waals surface area contributed by atoms with Crippen molar-refractivity contribution in [1.82, 2.24) is 10.2 Å². The van der Waals surface area contributed by atoms with Gasteiger partial charge in [-0.25, -0.2) is 4.39 Å². The van der Waals surface area contributed by atoms with Crippen LogP contribution in [0.5, 0.6) is 0 Å². The highest BCUT2D eigenvalue weighted by atomic mass is 19.1. The quantitative estimate of drug-likeness (QED) is 0.885. The van der Waals surface area contributed by atoms with Gasteiger partial charge in [0.2, 0.25) is 0 Å². The number of halogens is 1. The summed E-state index contributed by atoms with van der Waals surface area (Å²) in [5.74, 6) is -0.0947. The molecule has 20 heavy (non-hydrogen) atoms. The molecule has 1 heterocycles. The largest absolute Gasteiger partial charge is 0.317 e. The van der Waals surface area contributed by atoms with Crippen molar-refractivity contribution in [3.05, 3.63) is 35.6 Å². The molecule has 1 aromatic carbocycles. The predicted molar refractivity (Wildman–Crippen MR) is 82.3 cm³/mol. The highest BCUT2D eigenvalue weighted by Crippen LogP contribution is 2.35. The fraction of sp³-hybridized carbons (Fsp3) is 0.647. The summed E-state index contributed by atoms with van der Waals surface area (Å²) in [6.45, 7) is 7.64. The maximum absolute atomic E-state index is 13.9. The molecule has 0 aliphatic carbocycles. The lowest BCUT2D eigenvalue weighted by atomic mass is 9.76. The molecule has 2 rings (SSSR count). The van der Waals surface area contributed by atoms with Gasteiger partial charge in [0.25, 0.3) is 0 Å². The van der Waals surface area contributed by atoms with Gasteiger partial charge < -0.3 is 5.32 Å². The molecule has 1 aliphatic heterocycles. The molecule has 0 radical (unpaired) electrons. The van der Waals surface area contributed by atoms with E-state index >= 15 is 0 Å². The number of hydrogen-bond donors (Lipinski definition) is 1.